The van der Waals surface area contributed by atoms with Crippen molar-refractivity contribution >= 4 is 11.3 Å². The Morgan fingerprint density at radius 3 is 2.70 bits per heavy atom. The summed E-state index contributed by atoms with van der Waals surface area (Å²) in [5.74, 6) is 0.392. The number of rotatable bonds is 6. The van der Waals surface area contributed by atoms with Gasteiger partial charge in [-0.2, -0.15) is 10.1 Å². The maximum Gasteiger partial charge on any atom is 0.319 e. The number of hydrogen-bond acceptors (Lipinski definition) is 7. The number of hydrogen-bond donors (Lipinski definition) is 1. The topological polar surface area (TPSA) is 86.5 Å². The minimum absolute atomic E-state index is 0.238. The standard InChI is InChI=1S/C19H18N6O2/c1-26-18-14(12-22-19(23-18)27-2)15-10-16(17-20-8-9-25(17)24-15)21-11-13-6-4-3-5-7-13/h3-10,12,21H,11H2,1-2H3. The SMILES string of the molecule is COc1ncc(-c2cc(NCc3ccccc3)c3nccn3n2)c(OC)n1. The fourth-order valence-corrected chi connectivity index (χ4v) is 2.75. The van der Waals surface area contributed by atoms with Gasteiger partial charge < -0.3 is 14.8 Å². The molecule has 0 aliphatic rings. The van der Waals surface area contributed by atoms with E-state index < -0.39 is 0 Å². The minimum Gasteiger partial charge on any atom is -0.480 e. The van der Waals surface area contributed by atoms with Crippen LogP contribution in [0.1, 0.15) is 5.56 Å². The van der Waals surface area contributed by atoms with E-state index in [1.165, 1.54) is 12.7 Å². The Kier molecular flexibility index (Phi) is 4.52. The van der Waals surface area contributed by atoms with Gasteiger partial charge in [0.15, 0.2) is 5.65 Å². The molecule has 4 aromatic rings. The second-order valence-corrected chi connectivity index (χ2v) is 5.76. The van der Waals surface area contributed by atoms with E-state index in [9.17, 15) is 0 Å². The van der Waals surface area contributed by atoms with Crippen LogP contribution < -0.4 is 14.8 Å². The van der Waals surface area contributed by atoms with Crippen LogP contribution in [0.25, 0.3) is 16.9 Å². The molecular weight excluding hydrogens is 344 g/mol. The molecule has 0 atom stereocenters. The summed E-state index contributed by atoms with van der Waals surface area (Å²) in [7, 11) is 3.06. The number of ether oxygens (including phenoxy) is 2. The highest BCUT2D eigenvalue weighted by Crippen LogP contribution is 2.30. The van der Waals surface area contributed by atoms with Crippen LogP contribution in [0.5, 0.6) is 11.9 Å². The fraction of sp³-hybridized carbons (Fsp3) is 0.158. The first-order valence-corrected chi connectivity index (χ1v) is 8.36. The van der Waals surface area contributed by atoms with Crippen LogP contribution >= 0.6 is 0 Å². The molecule has 0 aliphatic heterocycles. The molecule has 136 valence electrons. The first kappa shape index (κ1) is 16.8. The number of aromatic nitrogens is 5. The fourth-order valence-electron chi connectivity index (χ4n) is 2.75. The lowest BCUT2D eigenvalue weighted by Crippen LogP contribution is -2.05. The summed E-state index contributed by atoms with van der Waals surface area (Å²) in [6.07, 6.45) is 5.14. The molecule has 0 spiro atoms. The average Bonchev–Trinajstić information content (AvgIpc) is 3.21. The maximum atomic E-state index is 5.39. The molecular formula is C19H18N6O2. The van der Waals surface area contributed by atoms with E-state index in [1.54, 1.807) is 30.2 Å². The van der Waals surface area contributed by atoms with E-state index in [2.05, 4.69) is 37.5 Å². The highest BCUT2D eigenvalue weighted by atomic mass is 16.5. The number of anilines is 1. The molecule has 3 aromatic heterocycles. The minimum atomic E-state index is 0.238. The molecule has 0 saturated carbocycles. The molecule has 8 nitrogen and oxygen atoms in total. The zero-order valence-electron chi connectivity index (χ0n) is 15.0. The van der Waals surface area contributed by atoms with Crippen molar-refractivity contribution in [2.45, 2.75) is 6.54 Å². The highest BCUT2D eigenvalue weighted by molar-refractivity contribution is 5.75. The Labute approximate surface area is 155 Å². The molecule has 0 aliphatic carbocycles. The lowest BCUT2D eigenvalue weighted by atomic mass is 10.2. The highest BCUT2D eigenvalue weighted by Gasteiger charge is 2.15. The molecule has 8 heteroatoms. The van der Waals surface area contributed by atoms with Gasteiger partial charge in [0.05, 0.1) is 25.5 Å². The summed E-state index contributed by atoms with van der Waals surface area (Å²) in [5, 5.41) is 8.03. The molecule has 1 aromatic carbocycles. The zero-order chi connectivity index (χ0) is 18.6. The van der Waals surface area contributed by atoms with Crippen molar-refractivity contribution in [1.82, 2.24) is 24.6 Å². The summed E-state index contributed by atoms with van der Waals surface area (Å²) < 4.78 is 12.2. The van der Waals surface area contributed by atoms with E-state index in [4.69, 9.17) is 9.47 Å². The van der Waals surface area contributed by atoms with Gasteiger partial charge >= 0.3 is 6.01 Å². The number of benzene rings is 1. The summed E-state index contributed by atoms with van der Waals surface area (Å²) in [6.45, 7) is 0.670. The van der Waals surface area contributed by atoms with E-state index >= 15 is 0 Å². The third kappa shape index (κ3) is 3.37. The first-order valence-electron chi connectivity index (χ1n) is 8.36. The van der Waals surface area contributed by atoms with Crippen LogP contribution in [0.4, 0.5) is 5.69 Å². The number of nitrogens with one attached hydrogen (secondary N) is 1. The summed E-state index contributed by atoms with van der Waals surface area (Å²) >= 11 is 0. The molecule has 0 saturated heterocycles. The van der Waals surface area contributed by atoms with Crippen molar-refractivity contribution in [3.05, 3.63) is 60.6 Å². The summed E-state index contributed by atoms with van der Waals surface area (Å²) in [6, 6.07) is 12.3. The smallest absolute Gasteiger partial charge is 0.319 e. The Morgan fingerprint density at radius 2 is 1.93 bits per heavy atom. The van der Waals surface area contributed by atoms with Gasteiger partial charge in [-0.05, 0) is 11.6 Å². The van der Waals surface area contributed by atoms with Crippen molar-refractivity contribution < 1.29 is 9.47 Å². The van der Waals surface area contributed by atoms with Crippen LogP contribution in [0.3, 0.4) is 0 Å². The molecule has 0 amide bonds. The van der Waals surface area contributed by atoms with Crippen molar-refractivity contribution in [2.75, 3.05) is 19.5 Å². The van der Waals surface area contributed by atoms with Crippen molar-refractivity contribution in [1.29, 1.82) is 0 Å². The molecule has 0 bridgehead atoms. The number of nitrogens with zero attached hydrogens (tertiary/aromatic N) is 5. The van der Waals surface area contributed by atoms with E-state index in [0.717, 1.165) is 11.3 Å². The maximum absolute atomic E-state index is 5.39. The number of imidazole rings is 1. The number of fused-ring (bicyclic) bond motifs is 1. The Bertz CT molecular complexity index is 1060. The van der Waals surface area contributed by atoms with Gasteiger partial charge in [-0.25, -0.2) is 14.5 Å². The van der Waals surface area contributed by atoms with Crippen molar-refractivity contribution in [3.8, 4) is 23.1 Å². The van der Waals surface area contributed by atoms with Gasteiger partial charge in [0, 0.05) is 25.1 Å². The Balaban J connectivity index is 1.74. The predicted molar refractivity (Wildman–Crippen MR) is 101 cm³/mol. The second-order valence-electron chi connectivity index (χ2n) is 5.76. The molecule has 3 heterocycles. The first-order chi connectivity index (χ1) is 13.3. The Morgan fingerprint density at radius 1 is 1.07 bits per heavy atom. The van der Waals surface area contributed by atoms with Gasteiger partial charge in [0.25, 0.3) is 0 Å². The van der Waals surface area contributed by atoms with Crippen LogP contribution in [-0.4, -0.2) is 38.8 Å². The quantitative estimate of drug-likeness (QED) is 0.564. The molecule has 0 radical (unpaired) electrons. The molecule has 1 N–H and O–H groups in total. The predicted octanol–water partition coefficient (Wildman–Crippen LogP) is 2.82. The largest absolute Gasteiger partial charge is 0.480 e. The molecule has 0 unspecified atom stereocenters. The summed E-state index contributed by atoms with van der Waals surface area (Å²) in [4.78, 5) is 12.8. The van der Waals surface area contributed by atoms with Gasteiger partial charge in [0.2, 0.25) is 5.88 Å². The average molecular weight is 362 g/mol. The monoisotopic (exact) mass is 362 g/mol. The van der Waals surface area contributed by atoms with Crippen LogP contribution in [0.15, 0.2) is 55.0 Å². The van der Waals surface area contributed by atoms with Crippen LogP contribution in [0.2, 0.25) is 0 Å². The Hall–Kier alpha value is -3.68. The third-order valence-corrected chi connectivity index (χ3v) is 4.07. The molecule has 0 fully saturated rings. The van der Waals surface area contributed by atoms with Gasteiger partial charge in [-0.1, -0.05) is 30.3 Å². The van der Waals surface area contributed by atoms with Gasteiger partial charge in [-0.15, -0.1) is 0 Å². The zero-order valence-corrected chi connectivity index (χ0v) is 15.0. The van der Waals surface area contributed by atoms with Gasteiger partial charge in [0.1, 0.15) is 5.69 Å². The lowest BCUT2D eigenvalue weighted by Gasteiger charge is -2.12. The summed E-state index contributed by atoms with van der Waals surface area (Å²) in [5.41, 5.74) is 4.09. The van der Waals surface area contributed by atoms with Crippen molar-refractivity contribution in [3.63, 3.8) is 0 Å². The normalized spacial score (nSPS) is 10.7. The number of methoxy groups -OCH3 is 2. The van der Waals surface area contributed by atoms with Crippen LogP contribution in [-0.2, 0) is 6.54 Å². The molecule has 4 rings (SSSR count). The third-order valence-electron chi connectivity index (χ3n) is 4.07. The molecule has 27 heavy (non-hydrogen) atoms. The van der Waals surface area contributed by atoms with Gasteiger partial charge in [-0.3, -0.25) is 0 Å². The van der Waals surface area contributed by atoms with E-state index in [-0.39, 0.29) is 6.01 Å². The second kappa shape index (κ2) is 7.28. The van der Waals surface area contributed by atoms with E-state index in [1.807, 2.05) is 24.3 Å². The van der Waals surface area contributed by atoms with Crippen molar-refractivity contribution in [2.24, 2.45) is 0 Å². The van der Waals surface area contributed by atoms with Crippen LogP contribution in [0, 0.1) is 0 Å². The van der Waals surface area contributed by atoms with E-state index in [0.29, 0.717) is 23.7 Å². The lowest BCUT2D eigenvalue weighted by molar-refractivity contribution is 0.353.